The van der Waals surface area contributed by atoms with Crippen molar-refractivity contribution < 1.29 is 25.2 Å². The molecule has 0 amide bonds. The van der Waals surface area contributed by atoms with Crippen LogP contribution in [0.2, 0.25) is 0 Å². The molecule has 1 saturated carbocycles. The van der Waals surface area contributed by atoms with Crippen LogP contribution in [0.5, 0.6) is 0 Å². The number of aliphatic carboxylic acids is 1. The van der Waals surface area contributed by atoms with Gasteiger partial charge in [-0.15, -0.1) is 11.3 Å². The molecule has 5 nitrogen and oxygen atoms in total. The average Bonchev–Trinajstić information content (AvgIpc) is 3.11. The Morgan fingerprint density at radius 2 is 2.03 bits per heavy atom. The zero-order valence-electron chi connectivity index (χ0n) is 16.1. The number of aliphatic hydroxyl groups excluding tert-OH is 3. The third kappa shape index (κ3) is 8.26. The SMILES string of the molecule is O=C(O)CCCC=CC[C@H]1C(O)CC(O)[C@@H]1C=CC(O)CCc1sc(Br)cc1Br. The summed E-state index contributed by atoms with van der Waals surface area (Å²) in [7, 11) is 0. The molecular weight excluding hydrogens is 524 g/mol. The van der Waals surface area contributed by atoms with E-state index >= 15 is 0 Å². The van der Waals surface area contributed by atoms with Crippen molar-refractivity contribution in [2.24, 2.45) is 11.8 Å². The van der Waals surface area contributed by atoms with Gasteiger partial charge in [0, 0.05) is 28.1 Å². The van der Waals surface area contributed by atoms with Crippen LogP contribution in [0.4, 0.5) is 0 Å². The van der Waals surface area contributed by atoms with Crippen LogP contribution in [0, 0.1) is 11.8 Å². The predicted molar refractivity (Wildman–Crippen MR) is 122 cm³/mol. The third-order valence-corrected chi connectivity index (χ3v) is 7.87. The van der Waals surface area contributed by atoms with E-state index in [0.717, 1.165) is 14.7 Å². The van der Waals surface area contributed by atoms with E-state index in [1.54, 1.807) is 17.4 Å². The number of carbonyl (C=O) groups is 1. The molecule has 0 radical (unpaired) electrons. The van der Waals surface area contributed by atoms with Gasteiger partial charge in [-0.25, -0.2) is 0 Å². The van der Waals surface area contributed by atoms with Gasteiger partial charge in [-0.3, -0.25) is 4.79 Å². The highest BCUT2D eigenvalue weighted by molar-refractivity contribution is 9.11. The molecule has 1 aromatic heterocycles. The number of halogens is 2. The van der Waals surface area contributed by atoms with E-state index in [0.29, 0.717) is 32.1 Å². The number of hydrogen-bond acceptors (Lipinski definition) is 5. The van der Waals surface area contributed by atoms with Crippen molar-refractivity contribution >= 4 is 49.2 Å². The Kier molecular flexibility index (Phi) is 10.6. The van der Waals surface area contributed by atoms with Gasteiger partial charge in [0.1, 0.15) is 0 Å². The van der Waals surface area contributed by atoms with E-state index in [1.807, 2.05) is 24.3 Å². The van der Waals surface area contributed by atoms with Gasteiger partial charge in [0.15, 0.2) is 0 Å². The van der Waals surface area contributed by atoms with Crippen molar-refractivity contribution in [3.8, 4) is 0 Å². The van der Waals surface area contributed by atoms with Crippen molar-refractivity contribution in [1.82, 2.24) is 0 Å². The Balaban J connectivity index is 1.84. The van der Waals surface area contributed by atoms with Gasteiger partial charge < -0.3 is 20.4 Å². The Morgan fingerprint density at radius 3 is 2.69 bits per heavy atom. The first-order valence-electron chi connectivity index (χ1n) is 9.81. The molecule has 1 aliphatic rings. The number of allylic oxidation sites excluding steroid dienone is 2. The van der Waals surface area contributed by atoms with Crippen LogP contribution in [-0.2, 0) is 11.2 Å². The Bertz CT molecular complexity index is 718. The molecule has 0 aliphatic heterocycles. The fraction of sp³-hybridized carbons (Fsp3) is 0.571. The predicted octanol–water partition coefficient (Wildman–Crippen LogP) is 4.68. The molecule has 29 heavy (non-hydrogen) atoms. The summed E-state index contributed by atoms with van der Waals surface area (Å²) in [5.41, 5.74) is 0. The van der Waals surface area contributed by atoms with Crippen molar-refractivity contribution in [3.05, 3.63) is 43.5 Å². The lowest BCUT2D eigenvalue weighted by atomic mass is 9.89. The van der Waals surface area contributed by atoms with Gasteiger partial charge in [0.05, 0.1) is 22.1 Å². The molecule has 0 saturated heterocycles. The number of hydrogen-bond donors (Lipinski definition) is 4. The average molecular weight is 552 g/mol. The van der Waals surface area contributed by atoms with Gasteiger partial charge in [-0.2, -0.15) is 0 Å². The zero-order valence-corrected chi connectivity index (χ0v) is 20.1. The fourth-order valence-electron chi connectivity index (χ4n) is 3.63. The lowest BCUT2D eigenvalue weighted by molar-refractivity contribution is -0.137. The first kappa shape index (κ1) is 24.8. The molecule has 0 spiro atoms. The number of thiophene rings is 1. The highest BCUT2D eigenvalue weighted by atomic mass is 79.9. The number of aryl methyl sites for hydroxylation is 1. The summed E-state index contributed by atoms with van der Waals surface area (Å²) in [4.78, 5) is 11.7. The molecule has 162 valence electrons. The van der Waals surface area contributed by atoms with Gasteiger partial charge in [0.2, 0.25) is 0 Å². The summed E-state index contributed by atoms with van der Waals surface area (Å²) >= 11 is 8.61. The summed E-state index contributed by atoms with van der Waals surface area (Å²) in [5.74, 6) is -1.10. The highest BCUT2D eigenvalue weighted by Crippen LogP contribution is 2.36. The molecule has 1 heterocycles. The van der Waals surface area contributed by atoms with Crippen LogP contribution in [-0.4, -0.2) is 44.7 Å². The summed E-state index contributed by atoms with van der Waals surface area (Å²) in [6.45, 7) is 0. The first-order chi connectivity index (χ1) is 13.8. The molecule has 5 atom stereocenters. The van der Waals surface area contributed by atoms with E-state index in [9.17, 15) is 20.1 Å². The highest BCUT2D eigenvalue weighted by Gasteiger charge is 2.39. The van der Waals surface area contributed by atoms with Gasteiger partial charge in [-0.1, -0.05) is 24.3 Å². The van der Waals surface area contributed by atoms with Crippen molar-refractivity contribution in [1.29, 1.82) is 0 Å². The monoisotopic (exact) mass is 550 g/mol. The number of aliphatic hydroxyl groups is 3. The van der Waals surface area contributed by atoms with Crippen molar-refractivity contribution in [3.63, 3.8) is 0 Å². The molecule has 4 N–H and O–H groups in total. The molecule has 0 aromatic carbocycles. The Hall–Kier alpha value is -0.510. The van der Waals surface area contributed by atoms with Crippen LogP contribution >= 0.6 is 43.2 Å². The number of carboxylic acid groups (broad SMARTS) is 1. The van der Waals surface area contributed by atoms with E-state index in [-0.39, 0.29) is 18.3 Å². The molecular formula is C21H28Br2O5S. The minimum Gasteiger partial charge on any atom is -0.481 e. The molecule has 2 rings (SSSR count). The smallest absolute Gasteiger partial charge is 0.303 e. The standard InChI is InChI=1S/C21H28Br2O5S/c22-16-11-20(23)29-19(16)10-8-13(24)7-9-15-14(17(25)12-18(15)26)5-3-1-2-4-6-21(27)28/h1,3,7,9,11,13-15,17-18,24-26H,2,4-6,8,10,12H2,(H,27,28)/t13?,14-,15-,17?,18?/m1/s1. The lowest BCUT2D eigenvalue weighted by Gasteiger charge is -2.19. The van der Waals surface area contributed by atoms with E-state index in [2.05, 4.69) is 31.9 Å². The maximum atomic E-state index is 10.5. The molecule has 3 unspecified atom stereocenters. The largest absolute Gasteiger partial charge is 0.481 e. The minimum absolute atomic E-state index is 0.105. The van der Waals surface area contributed by atoms with Crippen LogP contribution in [0.1, 0.15) is 43.4 Å². The topological polar surface area (TPSA) is 98.0 Å². The molecule has 0 bridgehead atoms. The van der Waals surface area contributed by atoms with Crippen LogP contribution in [0.15, 0.2) is 38.6 Å². The summed E-state index contributed by atoms with van der Waals surface area (Å²) in [5, 5.41) is 39.5. The van der Waals surface area contributed by atoms with E-state index in [4.69, 9.17) is 5.11 Å². The van der Waals surface area contributed by atoms with Crippen LogP contribution < -0.4 is 0 Å². The zero-order chi connectivity index (χ0) is 21.4. The number of unbranched alkanes of at least 4 members (excludes halogenated alkanes) is 1. The van der Waals surface area contributed by atoms with E-state index < -0.39 is 24.3 Å². The molecule has 1 aliphatic carbocycles. The second-order valence-corrected chi connectivity index (χ2v) is 10.8. The number of rotatable bonds is 11. The molecule has 8 heteroatoms. The van der Waals surface area contributed by atoms with Gasteiger partial charge in [0.25, 0.3) is 0 Å². The molecule has 1 aromatic rings. The fourth-order valence-corrected chi connectivity index (χ4v) is 6.36. The van der Waals surface area contributed by atoms with Crippen molar-refractivity contribution in [2.45, 2.75) is 63.3 Å². The van der Waals surface area contributed by atoms with Gasteiger partial charge in [-0.05, 0) is 75.9 Å². The normalized spacial score (nSPS) is 26.0. The summed E-state index contributed by atoms with van der Waals surface area (Å²) in [6.07, 6.45) is 9.36. The van der Waals surface area contributed by atoms with Crippen LogP contribution in [0.3, 0.4) is 0 Å². The molecule has 1 fully saturated rings. The maximum Gasteiger partial charge on any atom is 0.303 e. The van der Waals surface area contributed by atoms with Crippen molar-refractivity contribution in [2.75, 3.05) is 0 Å². The Labute approximate surface area is 192 Å². The second kappa shape index (κ2) is 12.4. The van der Waals surface area contributed by atoms with E-state index in [1.165, 1.54) is 4.88 Å². The van der Waals surface area contributed by atoms with Gasteiger partial charge >= 0.3 is 5.97 Å². The maximum absolute atomic E-state index is 10.5. The minimum atomic E-state index is -0.796. The second-order valence-electron chi connectivity index (χ2n) is 7.42. The first-order valence-corrected chi connectivity index (χ1v) is 12.2. The summed E-state index contributed by atoms with van der Waals surface area (Å²) in [6, 6.07) is 2.00. The third-order valence-electron chi connectivity index (χ3n) is 5.20. The quantitative estimate of drug-likeness (QED) is 0.236. The Morgan fingerprint density at radius 1 is 1.28 bits per heavy atom. The van der Waals surface area contributed by atoms with Crippen LogP contribution in [0.25, 0.3) is 0 Å². The number of carboxylic acids is 1. The summed E-state index contributed by atoms with van der Waals surface area (Å²) < 4.78 is 2.08. The lowest BCUT2D eigenvalue weighted by Crippen LogP contribution is -2.20.